The van der Waals surface area contributed by atoms with Crippen LogP contribution in [0.15, 0.2) is 11.7 Å². The highest BCUT2D eigenvalue weighted by molar-refractivity contribution is 7.09. The Hall–Kier alpha value is -0.450. The van der Waals surface area contributed by atoms with Gasteiger partial charge in [0.05, 0.1) is 5.51 Å². The quantitative estimate of drug-likeness (QED) is 0.909. The Morgan fingerprint density at radius 3 is 3.00 bits per heavy atom. The van der Waals surface area contributed by atoms with Crippen molar-refractivity contribution in [3.8, 4) is 0 Å². The summed E-state index contributed by atoms with van der Waals surface area (Å²) in [4.78, 5) is 8.12. The second kappa shape index (κ2) is 6.13. The van der Waals surface area contributed by atoms with Gasteiger partial charge in [-0.1, -0.05) is 0 Å². The molecule has 0 radical (unpaired) electrons. The largest absolute Gasteiger partial charge is 0.312 e. The fraction of sp³-hybridized carbons (Fsp3) is 0.786. The first kappa shape index (κ1) is 14.0. The molecule has 4 heteroatoms. The van der Waals surface area contributed by atoms with Gasteiger partial charge in [0.2, 0.25) is 0 Å². The molecule has 0 amide bonds. The summed E-state index contributed by atoms with van der Waals surface area (Å²) in [6, 6.07) is 0. The normalized spacial score (nSPS) is 22.3. The molecule has 0 spiro atoms. The molecule has 2 heterocycles. The Balaban J connectivity index is 1.77. The van der Waals surface area contributed by atoms with Crippen LogP contribution in [0.2, 0.25) is 0 Å². The van der Waals surface area contributed by atoms with E-state index < -0.39 is 0 Å². The van der Waals surface area contributed by atoms with Crippen LogP contribution in [0.3, 0.4) is 0 Å². The third-order valence-corrected chi connectivity index (χ3v) is 4.15. The van der Waals surface area contributed by atoms with Gasteiger partial charge in [-0.2, -0.15) is 0 Å². The van der Waals surface area contributed by atoms with Gasteiger partial charge < -0.3 is 5.32 Å². The van der Waals surface area contributed by atoms with Crippen LogP contribution < -0.4 is 5.32 Å². The molecule has 0 aromatic carbocycles. The summed E-state index contributed by atoms with van der Waals surface area (Å²) < 4.78 is 0. The van der Waals surface area contributed by atoms with Gasteiger partial charge in [-0.25, -0.2) is 0 Å². The van der Waals surface area contributed by atoms with Crippen LogP contribution in [-0.4, -0.2) is 35.1 Å². The lowest BCUT2D eigenvalue weighted by molar-refractivity contribution is 0.161. The van der Waals surface area contributed by atoms with Crippen molar-refractivity contribution in [1.82, 2.24) is 15.2 Å². The summed E-state index contributed by atoms with van der Waals surface area (Å²) in [5.74, 6) is 0.797. The summed E-state index contributed by atoms with van der Waals surface area (Å²) in [6.07, 6.45) is 4.69. The molecular weight excluding hydrogens is 242 g/mol. The van der Waals surface area contributed by atoms with Crippen LogP contribution in [0.25, 0.3) is 0 Å². The lowest BCUT2D eigenvalue weighted by Gasteiger charge is -2.34. The number of hydrogen-bond acceptors (Lipinski definition) is 4. The fourth-order valence-corrected chi connectivity index (χ4v) is 3.09. The third-order valence-electron chi connectivity index (χ3n) is 3.39. The topological polar surface area (TPSA) is 28.2 Å². The zero-order valence-corrected chi connectivity index (χ0v) is 12.6. The van der Waals surface area contributed by atoms with E-state index in [2.05, 4.69) is 36.0 Å². The van der Waals surface area contributed by atoms with Crippen molar-refractivity contribution in [1.29, 1.82) is 0 Å². The molecule has 1 aliphatic heterocycles. The Kier molecular flexibility index (Phi) is 4.76. The van der Waals surface area contributed by atoms with E-state index in [0.717, 1.165) is 19.0 Å². The van der Waals surface area contributed by atoms with Crippen molar-refractivity contribution in [2.24, 2.45) is 5.92 Å². The van der Waals surface area contributed by atoms with E-state index in [4.69, 9.17) is 0 Å². The molecule has 18 heavy (non-hydrogen) atoms. The zero-order valence-electron chi connectivity index (χ0n) is 11.8. The van der Waals surface area contributed by atoms with E-state index >= 15 is 0 Å². The van der Waals surface area contributed by atoms with Gasteiger partial charge >= 0.3 is 0 Å². The Morgan fingerprint density at radius 1 is 1.50 bits per heavy atom. The molecule has 1 aliphatic rings. The van der Waals surface area contributed by atoms with Gasteiger partial charge in [-0.05, 0) is 52.6 Å². The highest BCUT2D eigenvalue weighted by atomic mass is 32.1. The predicted molar refractivity (Wildman–Crippen MR) is 77.9 cm³/mol. The standard InChI is InChI=1S/C14H25N3S/c1-14(2,3)16-7-12-5-4-6-17(9-12)10-13-8-15-11-18-13/h8,11-12,16H,4-7,9-10H2,1-3H3. The lowest BCUT2D eigenvalue weighted by Crippen LogP contribution is -2.44. The highest BCUT2D eigenvalue weighted by Crippen LogP contribution is 2.19. The molecule has 1 aromatic heterocycles. The van der Waals surface area contributed by atoms with Crippen molar-refractivity contribution in [2.45, 2.75) is 45.7 Å². The van der Waals surface area contributed by atoms with Gasteiger partial charge in [0, 0.05) is 29.7 Å². The summed E-state index contributed by atoms with van der Waals surface area (Å²) in [5, 5.41) is 3.63. The van der Waals surface area contributed by atoms with Crippen LogP contribution in [0.1, 0.15) is 38.5 Å². The van der Waals surface area contributed by atoms with Crippen LogP contribution in [0, 0.1) is 5.92 Å². The molecule has 0 saturated carbocycles. The van der Waals surface area contributed by atoms with Crippen molar-refractivity contribution in [3.63, 3.8) is 0 Å². The van der Waals surface area contributed by atoms with Crippen molar-refractivity contribution in [2.75, 3.05) is 19.6 Å². The van der Waals surface area contributed by atoms with Crippen LogP contribution in [-0.2, 0) is 6.54 Å². The second-order valence-electron chi connectivity index (χ2n) is 6.34. The Morgan fingerprint density at radius 2 is 2.33 bits per heavy atom. The lowest BCUT2D eigenvalue weighted by atomic mass is 9.96. The molecule has 0 aliphatic carbocycles. The Labute approximate surface area is 115 Å². The molecule has 1 fully saturated rings. The number of hydrogen-bond donors (Lipinski definition) is 1. The maximum Gasteiger partial charge on any atom is 0.0794 e. The molecule has 0 bridgehead atoms. The molecule has 2 rings (SSSR count). The molecule has 1 saturated heterocycles. The number of thiazole rings is 1. The molecular formula is C14H25N3S. The molecule has 102 valence electrons. The minimum Gasteiger partial charge on any atom is -0.312 e. The van der Waals surface area contributed by atoms with E-state index in [1.54, 1.807) is 11.3 Å². The van der Waals surface area contributed by atoms with Gasteiger partial charge in [-0.15, -0.1) is 11.3 Å². The number of aromatic nitrogens is 1. The van der Waals surface area contributed by atoms with Crippen LogP contribution >= 0.6 is 11.3 Å². The summed E-state index contributed by atoms with van der Waals surface area (Å²) in [7, 11) is 0. The summed E-state index contributed by atoms with van der Waals surface area (Å²) in [6.45, 7) is 11.4. The van der Waals surface area contributed by atoms with E-state index in [-0.39, 0.29) is 5.54 Å². The van der Waals surface area contributed by atoms with Crippen molar-refractivity contribution >= 4 is 11.3 Å². The fourth-order valence-electron chi connectivity index (χ4n) is 2.45. The van der Waals surface area contributed by atoms with Gasteiger partial charge in [0.25, 0.3) is 0 Å². The van der Waals surface area contributed by atoms with Crippen molar-refractivity contribution < 1.29 is 0 Å². The molecule has 1 unspecified atom stereocenters. The first-order valence-electron chi connectivity index (χ1n) is 6.88. The summed E-state index contributed by atoms with van der Waals surface area (Å²) >= 11 is 1.77. The second-order valence-corrected chi connectivity index (χ2v) is 7.31. The van der Waals surface area contributed by atoms with E-state index in [9.17, 15) is 0 Å². The smallest absolute Gasteiger partial charge is 0.0794 e. The summed E-state index contributed by atoms with van der Waals surface area (Å²) in [5.41, 5.74) is 2.16. The number of piperidine rings is 1. The zero-order chi connectivity index (χ0) is 13.0. The molecule has 1 atom stereocenters. The van der Waals surface area contributed by atoms with Crippen molar-refractivity contribution in [3.05, 3.63) is 16.6 Å². The van der Waals surface area contributed by atoms with E-state index in [0.29, 0.717) is 0 Å². The van der Waals surface area contributed by atoms with Gasteiger partial charge in [-0.3, -0.25) is 9.88 Å². The highest BCUT2D eigenvalue weighted by Gasteiger charge is 2.21. The van der Waals surface area contributed by atoms with Crippen LogP contribution in [0.4, 0.5) is 0 Å². The van der Waals surface area contributed by atoms with E-state index in [1.165, 1.54) is 30.8 Å². The molecule has 3 nitrogen and oxygen atoms in total. The average Bonchev–Trinajstić information content (AvgIpc) is 2.79. The number of nitrogens with zero attached hydrogens (tertiary/aromatic N) is 2. The van der Waals surface area contributed by atoms with Gasteiger partial charge in [0.1, 0.15) is 0 Å². The monoisotopic (exact) mass is 267 g/mol. The maximum absolute atomic E-state index is 4.15. The number of nitrogens with one attached hydrogen (secondary N) is 1. The first-order valence-corrected chi connectivity index (χ1v) is 7.76. The maximum atomic E-state index is 4.15. The number of rotatable bonds is 4. The first-order chi connectivity index (χ1) is 8.53. The molecule has 1 N–H and O–H groups in total. The minimum atomic E-state index is 0.236. The SMILES string of the molecule is CC(C)(C)NCC1CCCN(Cc2cncs2)C1. The van der Waals surface area contributed by atoms with E-state index in [1.807, 2.05) is 11.7 Å². The Bertz CT molecular complexity index is 342. The van der Waals surface area contributed by atoms with Crippen LogP contribution in [0.5, 0.6) is 0 Å². The minimum absolute atomic E-state index is 0.236. The average molecular weight is 267 g/mol. The predicted octanol–water partition coefficient (Wildman–Crippen LogP) is 2.74. The van der Waals surface area contributed by atoms with Gasteiger partial charge in [0.15, 0.2) is 0 Å². The molecule has 1 aromatic rings. The number of likely N-dealkylation sites (tertiary alicyclic amines) is 1. The third kappa shape index (κ3) is 4.67.